The van der Waals surface area contributed by atoms with Crippen molar-refractivity contribution in [2.24, 2.45) is 0 Å². The molecule has 0 radical (unpaired) electrons. The Kier molecular flexibility index (Phi) is 5.93. The fourth-order valence-electron chi connectivity index (χ4n) is 4.90. The van der Waals surface area contributed by atoms with E-state index in [0.29, 0.717) is 24.6 Å². The lowest BCUT2D eigenvalue weighted by molar-refractivity contribution is -0.117. The smallest absolute Gasteiger partial charge is 0.251 e. The quantitative estimate of drug-likeness (QED) is 0.827. The van der Waals surface area contributed by atoms with Gasteiger partial charge in [0, 0.05) is 49.9 Å². The lowest BCUT2D eigenvalue weighted by Gasteiger charge is -2.40. The average molecular weight is 400 g/mol. The van der Waals surface area contributed by atoms with Crippen LogP contribution in [0.25, 0.3) is 0 Å². The van der Waals surface area contributed by atoms with Crippen molar-refractivity contribution >= 4 is 17.5 Å². The fraction of sp³-hybridized carbons (Fsp3) is 0.652. The maximum absolute atomic E-state index is 12.7. The molecule has 3 aliphatic rings. The monoisotopic (exact) mass is 399 g/mol. The number of anilines is 1. The van der Waals surface area contributed by atoms with Crippen LogP contribution in [-0.4, -0.2) is 60.6 Å². The Morgan fingerprint density at radius 3 is 2.72 bits per heavy atom. The minimum atomic E-state index is -0.0994. The molecule has 3 aliphatic heterocycles. The van der Waals surface area contributed by atoms with Crippen LogP contribution >= 0.6 is 0 Å². The zero-order chi connectivity index (χ0) is 20.4. The summed E-state index contributed by atoms with van der Waals surface area (Å²) in [4.78, 5) is 28.9. The van der Waals surface area contributed by atoms with E-state index in [1.54, 1.807) is 11.0 Å². The molecule has 3 saturated heterocycles. The molecule has 1 atom stereocenters. The van der Waals surface area contributed by atoms with Crippen LogP contribution in [0.3, 0.4) is 0 Å². The largest absolute Gasteiger partial charge is 0.370 e. The predicted octanol–water partition coefficient (Wildman–Crippen LogP) is 2.97. The minimum absolute atomic E-state index is 0.0107. The number of likely N-dealkylation sites (tertiary alicyclic amines) is 1. The predicted molar refractivity (Wildman–Crippen MR) is 113 cm³/mol. The van der Waals surface area contributed by atoms with Gasteiger partial charge >= 0.3 is 0 Å². The highest BCUT2D eigenvalue weighted by atomic mass is 16.5. The van der Waals surface area contributed by atoms with Gasteiger partial charge in [0.15, 0.2) is 0 Å². The Morgan fingerprint density at radius 1 is 1.24 bits per heavy atom. The van der Waals surface area contributed by atoms with Crippen LogP contribution in [0.5, 0.6) is 0 Å². The molecule has 1 aromatic rings. The number of ether oxygens (including phenoxy) is 1. The summed E-state index contributed by atoms with van der Waals surface area (Å²) in [6.45, 7) is 7.97. The van der Waals surface area contributed by atoms with E-state index in [4.69, 9.17) is 4.74 Å². The van der Waals surface area contributed by atoms with Gasteiger partial charge in [-0.2, -0.15) is 0 Å². The van der Waals surface area contributed by atoms with E-state index in [1.807, 2.05) is 18.2 Å². The summed E-state index contributed by atoms with van der Waals surface area (Å²) in [5.41, 5.74) is 1.42. The molecule has 6 heteroatoms. The highest BCUT2D eigenvalue weighted by Gasteiger charge is 2.42. The second-order valence-corrected chi connectivity index (χ2v) is 9.00. The van der Waals surface area contributed by atoms with E-state index in [9.17, 15) is 9.59 Å². The normalized spacial score (nSPS) is 24.6. The van der Waals surface area contributed by atoms with E-state index in [1.165, 1.54) is 0 Å². The molecule has 158 valence electrons. The third-order valence-corrected chi connectivity index (χ3v) is 6.76. The Morgan fingerprint density at radius 2 is 2.03 bits per heavy atom. The SMILES string of the molecule is CC(C)N1CCC2(CCC(CNC(=O)c3cccc(N4CCCC4=O)c3)O2)CC1. The van der Waals surface area contributed by atoms with Crippen LogP contribution in [0, 0.1) is 0 Å². The van der Waals surface area contributed by atoms with Crippen LogP contribution in [0.15, 0.2) is 24.3 Å². The van der Waals surface area contributed by atoms with Gasteiger partial charge < -0.3 is 19.9 Å². The number of piperidine rings is 1. The molecule has 0 saturated carbocycles. The Labute approximate surface area is 173 Å². The first-order chi connectivity index (χ1) is 14.0. The average Bonchev–Trinajstić information content (AvgIpc) is 3.33. The molecule has 0 aromatic heterocycles. The maximum atomic E-state index is 12.7. The van der Waals surface area contributed by atoms with Crippen molar-refractivity contribution < 1.29 is 14.3 Å². The second-order valence-electron chi connectivity index (χ2n) is 9.00. The van der Waals surface area contributed by atoms with Gasteiger partial charge in [-0.3, -0.25) is 9.59 Å². The summed E-state index contributed by atoms with van der Waals surface area (Å²) < 4.78 is 6.43. The van der Waals surface area contributed by atoms with E-state index in [2.05, 4.69) is 24.1 Å². The van der Waals surface area contributed by atoms with Crippen LogP contribution in [0.4, 0.5) is 5.69 Å². The van der Waals surface area contributed by atoms with E-state index >= 15 is 0 Å². The third kappa shape index (κ3) is 4.48. The second kappa shape index (κ2) is 8.44. The molecule has 4 rings (SSSR count). The maximum Gasteiger partial charge on any atom is 0.251 e. The van der Waals surface area contributed by atoms with Gasteiger partial charge in [-0.15, -0.1) is 0 Å². The standard InChI is InChI=1S/C23H33N3O3/c1-17(2)25-13-10-23(11-14-25)9-8-20(29-23)16-24-22(28)18-5-3-6-19(15-18)26-12-4-7-21(26)27/h3,5-6,15,17,20H,4,7-14,16H2,1-2H3,(H,24,28). The summed E-state index contributed by atoms with van der Waals surface area (Å²) in [6.07, 6.45) is 5.82. The molecule has 1 aromatic carbocycles. The highest BCUT2D eigenvalue weighted by molar-refractivity contribution is 5.99. The molecule has 1 unspecified atom stereocenters. The van der Waals surface area contributed by atoms with E-state index in [0.717, 1.165) is 57.4 Å². The number of benzene rings is 1. The molecule has 3 heterocycles. The van der Waals surface area contributed by atoms with Crippen molar-refractivity contribution in [3.63, 3.8) is 0 Å². The number of hydrogen-bond donors (Lipinski definition) is 1. The van der Waals surface area contributed by atoms with Gasteiger partial charge in [0.25, 0.3) is 5.91 Å². The molecule has 0 bridgehead atoms. The molecule has 6 nitrogen and oxygen atoms in total. The van der Waals surface area contributed by atoms with Gasteiger partial charge in [-0.1, -0.05) is 6.07 Å². The lowest BCUT2D eigenvalue weighted by atomic mass is 9.88. The van der Waals surface area contributed by atoms with Gasteiger partial charge in [0.1, 0.15) is 0 Å². The first-order valence-corrected chi connectivity index (χ1v) is 11.1. The lowest BCUT2D eigenvalue weighted by Crippen LogP contribution is -2.47. The summed E-state index contributed by atoms with van der Waals surface area (Å²) in [5, 5.41) is 3.04. The van der Waals surface area contributed by atoms with Crippen molar-refractivity contribution in [2.45, 2.75) is 70.1 Å². The summed E-state index contributed by atoms with van der Waals surface area (Å²) in [6, 6.07) is 7.96. The first kappa shape index (κ1) is 20.4. The summed E-state index contributed by atoms with van der Waals surface area (Å²) >= 11 is 0. The van der Waals surface area contributed by atoms with Gasteiger partial charge in [0.2, 0.25) is 5.91 Å². The number of rotatable bonds is 5. The van der Waals surface area contributed by atoms with Crippen molar-refractivity contribution in [1.29, 1.82) is 0 Å². The van der Waals surface area contributed by atoms with Gasteiger partial charge in [-0.25, -0.2) is 0 Å². The molecular formula is C23H33N3O3. The minimum Gasteiger partial charge on any atom is -0.370 e. The Bertz CT molecular complexity index is 755. The van der Waals surface area contributed by atoms with Crippen molar-refractivity contribution in [3.05, 3.63) is 29.8 Å². The van der Waals surface area contributed by atoms with Crippen LogP contribution in [-0.2, 0) is 9.53 Å². The Balaban J connectivity index is 1.29. The van der Waals surface area contributed by atoms with Crippen molar-refractivity contribution in [1.82, 2.24) is 10.2 Å². The van der Waals surface area contributed by atoms with E-state index in [-0.39, 0.29) is 23.5 Å². The van der Waals surface area contributed by atoms with Crippen molar-refractivity contribution in [3.8, 4) is 0 Å². The zero-order valence-electron chi connectivity index (χ0n) is 17.7. The van der Waals surface area contributed by atoms with Crippen LogP contribution in [0.1, 0.15) is 62.7 Å². The Hall–Kier alpha value is -1.92. The van der Waals surface area contributed by atoms with Gasteiger partial charge in [0.05, 0.1) is 11.7 Å². The molecule has 2 amide bonds. The van der Waals surface area contributed by atoms with E-state index < -0.39 is 0 Å². The topological polar surface area (TPSA) is 61.9 Å². The fourth-order valence-corrected chi connectivity index (χ4v) is 4.90. The first-order valence-electron chi connectivity index (χ1n) is 11.1. The van der Waals surface area contributed by atoms with Crippen LogP contribution in [0.2, 0.25) is 0 Å². The number of hydrogen-bond acceptors (Lipinski definition) is 4. The highest BCUT2D eigenvalue weighted by Crippen LogP contribution is 2.39. The number of carbonyl (C=O) groups excluding carboxylic acids is 2. The molecule has 0 aliphatic carbocycles. The number of nitrogens with one attached hydrogen (secondary N) is 1. The number of nitrogens with zero attached hydrogens (tertiary/aromatic N) is 2. The number of amides is 2. The summed E-state index contributed by atoms with van der Waals surface area (Å²) in [7, 11) is 0. The van der Waals surface area contributed by atoms with Crippen LogP contribution < -0.4 is 10.2 Å². The molecule has 3 fully saturated rings. The zero-order valence-corrected chi connectivity index (χ0v) is 17.7. The third-order valence-electron chi connectivity index (χ3n) is 6.76. The molecule has 29 heavy (non-hydrogen) atoms. The van der Waals surface area contributed by atoms with Crippen molar-refractivity contribution in [2.75, 3.05) is 31.1 Å². The number of carbonyl (C=O) groups is 2. The molecular weight excluding hydrogens is 366 g/mol. The molecule has 1 N–H and O–H groups in total. The molecule has 1 spiro atoms. The van der Waals surface area contributed by atoms with Gasteiger partial charge in [-0.05, 0) is 64.2 Å². The summed E-state index contributed by atoms with van der Waals surface area (Å²) in [5.74, 6) is 0.0356.